The van der Waals surface area contributed by atoms with Gasteiger partial charge in [-0.3, -0.25) is 0 Å². The van der Waals surface area contributed by atoms with E-state index in [1.165, 1.54) is 19.3 Å². The molecule has 1 saturated carbocycles. The number of nitrogens with one attached hydrogen (secondary N) is 1. The molecule has 1 aliphatic rings. The summed E-state index contributed by atoms with van der Waals surface area (Å²) in [6.45, 7) is 0.00878. The molecule has 0 amide bonds. The lowest BCUT2D eigenvalue weighted by Crippen LogP contribution is -2.18. The van der Waals surface area contributed by atoms with Gasteiger partial charge in [-0.15, -0.1) is 0 Å². The van der Waals surface area contributed by atoms with Gasteiger partial charge in [-0.05, 0) is 24.8 Å². The predicted molar refractivity (Wildman–Crippen MR) is 66.7 cm³/mol. The number of para-hydroxylation sites is 1. The van der Waals surface area contributed by atoms with Gasteiger partial charge in [0, 0.05) is 18.2 Å². The monoisotopic (exact) mass is 255 g/mol. The number of benzene rings is 1. The second-order valence-corrected chi connectivity index (χ2v) is 4.76. The average Bonchev–Trinajstić information content (AvgIpc) is 3.06. The fourth-order valence-corrected chi connectivity index (χ4v) is 2.29. The second-order valence-electron chi connectivity index (χ2n) is 4.76. The largest absolute Gasteiger partial charge is 0.434 e. The van der Waals surface area contributed by atoms with Crippen molar-refractivity contribution >= 4 is 0 Å². The van der Waals surface area contributed by atoms with E-state index < -0.39 is 6.61 Å². The van der Waals surface area contributed by atoms with Crippen LogP contribution in [0.15, 0.2) is 24.3 Å². The molecule has 2 unspecified atom stereocenters. The summed E-state index contributed by atoms with van der Waals surface area (Å²) in [6.07, 6.45) is 3.65. The van der Waals surface area contributed by atoms with E-state index in [9.17, 15) is 8.78 Å². The van der Waals surface area contributed by atoms with Gasteiger partial charge >= 0.3 is 6.61 Å². The van der Waals surface area contributed by atoms with E-state index in [1.807, 2.05) is 12.1 Å². The van der Waals surface area contributed by atoms with E-state index in [1.54, 1.807) is 12.1 Å². The first-order valence-electron chi connectivity index (χ1n) is 6.46. The van der Waals surface area contributed by atoms with Gasteiger partial charge in [-0.25, -0.2) is 0 Å². The molecule has 0 spiro atoms. The summed E-state index contributed by atoms with van der Waals surface area (Å²) in [5.41, 5.74) is 0.792. The van der Waals surface area contributed by atoms with Crippen molar-refractivity contribution in [3.05, 3.63) is 29.8 Å². The van der Waals surface area contributed by atoms with Gasteiger partial charge in [0.05, 0.1) is 0 Å². The van der Waals surface area contributed by atoms with Crippen LogP contribution in [0.1, 0.15) is 31.7 Å². The Labute approximate surface area is 106 Å². The van der Waals surface area contributed by atoms with Gasteiger partial charge in [0.15, 0.2) is 0 Å². The highest BCUT2D eigenvalue weighted by molar-refractivity contribution is 5.33. The quantitative estimate of drug-likeness (QED) is 0.804. The first kappa shape index (κ1) is 13.3. The number of hydrogen-bond acceptors (Lipinski definition) is 2. The van der Waals surface area contributed by atoms with Crippen LogP contribution >= 0.6 is 0 Å². The van der Waals surface area contributed by atoms with Crippen molar-refractivity contribution in [1.82, 2.24) is 5.32 Å². The van der Waals surface area contributed by atoms with Crippen LogP contribution in [0, 0.1) is 5.92 Å². The molecule has 18 heavy (non-hydrogen) atoms. The molecular weight excluding hydrogens is 236 g/mol. The van der Waals surface area contributed by atoms with Crippen molar-refractivity contribution in [2.45, 2.75) is 45.4 Å². The molecule has 2 nitrogen and oxygen atoms in total. The fourth-order valence-electron chi connectivity index (χ4n) is 2.29. The molecule has 100 valence electrons. The molecule has 2 rings (SSSR count). The molecule has 0 saturated heterocycles. The number of ether oxygens (including phenoxy) is 1. The van der Waals surface area contributed by atoms with Gasteiger partial charge in [0.25, 0.3) is 0 Å². The molecular formula is C14H19F2NO. The number of hydrogen-bond donors (Lipinski definition) is 1. The summed E-state index contributed by atoms with van der Waals surface area (Å²) in [6, 6.07) is 7.50. The third-order valence-electron chi connectivity index (χ3n) is 3.33. The minimum absolute atomic E-state index is 0.271. The van der Waals surface area contributed by atoms with E-state index in [0.29, 0.717) is 12.6 Å². The molecule has 0 bridgehead atoms. The molecule has 4 heteroatoms. The zero-order valence-corrected chi connectivity index (χ0v) is 10.5. The van der Waals surface area contributed by atoms with Crippen molar-refractivity contribution in [3.8, 4) is 5.75 Å². The van der Waals surface area contributed by atoms with E-state index >= 15 is 0 Å². The molecule has 2 atom stereocenters. The van der Waals surface area contributed by atoms with Gasteiger partial charge in [-0.1, -0.05) is 31.5 Å². The fraction of sp³-hybridized carbons (Fsp3) is 0.571. The summed E-state index contributed by atoms with van der Waals surface area (Å²) in [5.74, 6) is 1.03. The van der Waals surface area contributed by atoms with Gasteiger partial charge in [0.1, 0.15) is 5.75 Å². The Morgan fingerprint density at radius 1 is 1.39 bits per heavy atom. The molecule has 1 aromatic carbocycles. The minimum atomic E-state index is -2.76. The first-order valence-corrected chi connectivity index (χ1v) is 6.46. The highest BCUT2D eigenvalue weighted by Crippen LogP contribution is 2.35. The Bertz CT molecular complexity index is 384. The smallest absolute Gasteiger partial charge is 0.387 e. The van der Waals surface area contributed by atoms with Gasteiger partial charge < -0.3 is 10.1 Å². The standard InChI is InChI=1S/C14H19F2NO/c1-2-5-10-8-12(10)17-9-11-6-3-4-7-13(11)18-14(15)16/h3-4,6-7,10,12,14,17H,2,5,8-9H2,1H3. The summed E-state index contributed by atoms with van der Waals surface area (Å²) in [4.78, 5) is 0. The Kier molecular flexibility index (Phi) is 4.53. The summed E-state index contributed by atoms with van der Waals surface area (Å²) in [5, 5.41) is 3.40. The highest BCUT2D eigenvalue weighted by atomic mass is 19.3. The molecule has 0 aliphatic heterocycles. The second kappa shape index (κ2) is 6.14. The molecule has 0 aromatic heterocycles. The average molecular weight is 255 g/mol. The van der Waals surface area contributed by atoms with Crippen LogP contribution in [0.4, 0.5) is 8.78 Å². The van der Waals surface area contributed by atoms with Crippen LogP contribution < -0.4 is 10.1 Å². The SMILES string of the molecule is CCCC1CC1NCc1ccccc1OC(F)F. The van der Waals surface area contributed by atoms with Crippen LogP contribution in [-0.4, -0.2) is 12.7 Å². The Hall–Kier alpha value is -1.16. The van der Waals surface area contributed by atoms with E-state index in [4.69, 9.17) is 0 Å². The van der Waals surface area contributed by atoms with Crippen molar-refractivity contribution < 1.29 is 13.5 Å². The normalized spacial score (nSPS) is 22.2. The van der Waals surface area contributed by atoms with Crippen molar-refractivity contribution in [2.24, 2.45) is 5.92 Å². The van der Waals surface area contributed by atoms with Crippen LogP contribution in [0.25, 0.3) is 0 Å². The minimum Gasteiger partial charge on any atom is -0.434 e. The van der Waals surface area contributed by atoms with E-state index in [-0.39, 0.29) is 5.75 Å². The van der Waals surface area contributed by atoms with Crippen LogP contribution in [0.2, 0.25) is 0 Å². The molecule has 1 aromatic rings. The Balaban J connectivity index is 1.85. The van der Waals surface area contributed by atoms with Crippen LogP contribution in [-0.2, 0) is 6.54 Å². The summed E-state index contributed by atoms with van der Waals surface area (Å²) >= 11 is 0. The zero-order valence-electron chi connectivity index (χ0n) is 10.5. The molecule has 1 fully saturated rings. The topological polar surface area (TPSA) is 21.3 Å². The number of rotatable bonds is 7. The molecule has 0 heterocycles. The van der Waals surface area contributed by atoms with Crippen molar-refractivity contribution in [1.29, 1.82) is 0 Å². The van der Waals surface area contributed by atoms with E-state index in [0.717, 1.165) is 11.5 Å². The lowest BCUT2D eigenvalue weighted by Gasteiger charge is -2.11. The Morgan fingerprint density at radius 2 is 2.17 bits per heavy atom. The maximum Gasteiger partial charge on any atom is 0.387 e. The number of alkyl halides is 2. The number of halogens is 2. The molecule has 1 N–H and O–H groups in total. The van der Waals surface area contributed by atoms with Crippen LogP contribution in [0.5, 0.6) is 5.75 Å². The lowest BCUT2D eigenvalue weighted by atomic mass is 10.2. The zero-order chi connectivity index (χ0) is 13.0. The third-order valence-corrected chi connectivity index (χ3v) is 3.33. The third kappa shape index (κ3) is 3.67. The van der Waals surface area contributed by atoms with Crippen molar-refractivity contribution in [2.75, 3.05) is 0 Å². The first-order chi connectivity index (χ1) is 8.70. The lowest BCUT2D eigenvalue weighted by molar-refractivity contribution is -0.0505. The Morgan fingerprint density at radius 3 is 2.89 bits per heavy atom. The highest BCUT2D eigenvalue weighted by Gasteiger charge is 2.35. The maximum absolute atomic E-state index is 12.2. The van der Waals surface area contributed by atoms with E-state index in [2.05, 4.69) is 17.0 Å². The molecule has 0 radical (unpaired) electrons. The summed E-state index contributed by atoms with van der Waals surface area (Å²) < 4.78 is 29.0. The van der Waals surface area contributed by atoms with Gasteiger partial charge in [0.2, 0.25) is 0 Å². The summed E-state index contributed by atoms with van der Waals surface area (Å²) in [7, 11) is 0. The predicted octanol–water partition coefficient (Wildman–Crippen LogP) is 3.57. The van der Waals surface area contributed by atoms with Crippen LogP contribution in [0.3, 0.4) is 0 Å². The maximum atomic E-state index is 12.2. The van der Waals surface area contributed by atoms with Crippen molar-refractivity contribution in [3.63, 3.8) is 0 Å². The molecule has 1 aliphatic carbocycles. The van der Waals surface area contributed by atoms with Gasteiger partial charge in [-0.2, -0.15) is 8.78 Å².